The first-order valence-electron chi connectivity index (χ1n) is 5.28. The van der Waals surface area contributed by atoms with E-state index in [-0.39, 0.29) is 36.9 Å². The standard InChI is InChI=1S/C10H18N2O3/c1-3-8-10(15)12(5-7(2)6-13)9(14)4-11-8/h7-8,11,13H,3-6H2,1-2H3. The third-order valence-electron chi connectivity index (χ3n) is 2.58. The molecule has 1 aliphatic heterocycles. The molecule has 2 atom stereocenters. The number of piperazine rings is 1. The van der Waals surface area contributed by atoms with E-state index in [0.717, 1.165) is 0 Å². The van der Waals surface area contributed by atoms with E-state index < -0.39 is 0 Å². The molecule has 1 rings (SSSR count). The first-order valence-corrected chi connectivity index (χ1v) is 5.28. The number of aliphatic hydroxyl groups is 1. The Morgan fingerprint density at radius 3 is 2.80 bits per heavy atom. The lowest BCUT2D eigenvalue weighted by Gasteiger charge is -2.32. The summed E-state index contributed by atoms with van der Waals surface area (Å²) < 4.78 is 0. The lowest BCUT2D eigenvalue weighted by Crippen LogP contribution is -2.58. The molecule has 15 heavy (non-hydrogen) atoms. The van der Waals surface area contributed by atoms with Gasteiger partial charge in [-0.2, -0.15) is 0 Å². The maximum absolute atomic E-state index is 11.8. The van der Waals surface area contributed by atoms with Crippen molar-refractivity contribution < 1.29 is 14.7 Å². The van der Waals surface area contributed by atoms with Gasteiger partial charge in [-0.05, 0) is 12.3 Å². The maximum Gasteiger partial charge on any atom is 0.246 e. The SMILES string of the molecule is CCC1NCC(=O)N(CC(C)CO)C1=O. The van der Waals surface area contributed by atoms with Crippen LogP contribution in [-0.2, 0) is 9.59 Å². The van der Waals surface area contributed by atoms with Crippen molar-refractivity contribution in [1.29, 1.82) is 0 Å². The third kappa shape index (κ3) is 2.76. The minimum absolute atomic E-state index is 0.0126. The van der Waals surface area contributed by atoms with Gasteiger partial charge in [0.1, 0.15) is 0 Å². The van der Waals surface area contributed by atoms with E-state index in [1.807, 2.05) is 13.8 Å². The maximum atomic E-state index is 11.8. The number of hydrogen-bond donors (Lipinski definition) is 2. The van der Waals surface area contributed by atoms with Gasteiger partial charge in [0.15, 0.2) is 0 Å². The second-order valence-corrected chi connectivity index (χ2v) is 3.97. The monoisotopic (exact) mass is 214 g/mol. The number of nitrogens with zero attached hydrogens (tertiary/aromatic N) is 1. The van der Waals surface area contributed by atoms with E-state index in [1.54, 1.807) is 0 Å². The highest BCUT2D eigenvalue weighted by molar-refractivity contribution is 6.01. The minimum Gasteiger partial charge on any atom is -0.396 e. The summed E-state index contributed by atoms with van der Waals surface area (Å²) in [6, 6.07) is -0.256. The third-order valence-corrected chi connectivity index (χ3v) is 2.58. The van der Waals surface area contributed by atoms with Crippen LogP contribution in [0.5, 0.6) is 0 Å². The number of aliphatic hydroxyl groups excluding tert-OH is 1. The molecule has 2 unspecified atom stereocenters. The molecule has 0 aromatic heterocycles. The Labute approximate surface area is 89.4 Å². The highest BCUT2D eigenvalue weighted by Crippen LogP contribution is 2.08. The summed E-state index contributed by atoms with van der Waals surface area (Å²) in [5.41, 5.74) is 0. The largest absolute Gasteiger partial charge is 0.396 e. The van der Waals surface area contributed by atoms with E-state index in [2.05, 4.69) is 5.32 Å². The Morgan fingerprint density at radius 2 is 2.27 bits per heavy atom. The zero-order chi connectivity index (χ0) is 11.4. The fourth-order valence-electron chi connectivity index (χ4n) is 1.58. The van der Waals surface area contributed by atoms with Gasteiger partial charge in [0.25, 0.3) is 0 Å². The Kier molecular flexibility index (Phi) is 4.23. The molecule has 0 aromatic rings. The van der Waals surface area contributed by atoms with E-state index in [1.165, 1.54) is 4.90 Å². The molecule has 2 amide bonds. The van der Waals surface area contributed by atoms with Crippen LogP contribution < -0.4 is 5.32 Å². The van der Waals surface area contributed by atoms with Crippen molar-refractivity contribution in [2.45, 2.75) is 26.3 Å². The van der Waals surface area contributed by atoms with Crippen LogP contribution in [0.2, 0.25) is 0 Å². The van der Waals surface area contributed by atoms with Crippen LogP contribution in [0.15, 0.2) is 0 Å². The molecule has 1 saturated heterocycles. The summed E-state index contributed by atoms with van der Waals surface area (Å²) >= 11 is 0. The summed E-state index contributed by atoms with van der Waals surface area (Å²) in [6.45, 7) is 4.22. The van der Waals surface area contributed by atoms with Gasteiger partial charge in [-0.15, -0.1) is 0 Å². The second kappa shape index (κ2) is 5.23. The van der Waals surface area contributed by atoms with Gasteiger partial charge in [-0.3, -0.25) is 19.8 Å². The molecular weight excluding hydrogens is 196 g/mol. The number of nitrogens with one attached hydrogen (secondary N) is 1. The van der Waals surface area contributed by atoms with Crippen LogP contribution in [0.25, 0.3) is 0 Å². The molecule has 1 aliphatic rings. The highest BCUT2D eigenvalue weighted by atomic mass is 16.3. The molecule has 0 spiro atoms. The predicted molar refractivity (Wildman–Crippen MR) is 55.1 cm³/mol. The van der Waals surface area contributed by atoms with Crippen molar-refractivity contribution in [2.24, 2.45) is 5.92 Å². The van der Waals surface area contributed by atoms with Gasteiger partial charge in [0, 0.05) is 13.2 Å². The van der Waals surface area contributed by atoms with Gasteiger partial charge in [-0.1, -0.05) is 13.8 Å². The van der Waals surface area contributed by atoms with Crippen LogP contribution in [0.4, 0.5) is 0 Å². The van der Waals surface area contributed by atoms with Gasteiger partial charge in [-0.25, -0.2) is 0 Å². The zero-order valence-corrected chi connectivity index (χ0v) is 9.19. The van der Waals surface area contributed by atoms with Crippen LogP contribution in [0, 0.1) is 5.92 Å². The average Bonchev–Trinajstić information content (AvgIpc) is 2.24. The lowest BCUT2D eigenvalue weighted by atomic mass is 10.1. The molecule has 0 bridgehead atoms. The van der Waals surface area contributed by atoms with Gasteiger partial charge >= 0.3 is 0 Å². The molecule has 86 valence electrons. The fourth-order valence-corrected chi connectivity index (χ4v) is 1.58. The average molecular weight is 214 g/mol. The van der Waals surface area contributed by atoms with Crippen LogP contribution >= 0.6 is 0 Å². The Morgan fingerprint density at radius 1 is 1.60 bits per heavy atom. The molecule has 1 heterocycles. The lowest BCUT2D eigenvalue weighted by molar-refractivity contribution is -0.150. The number of carbonyl (C=O) groups excluding carboxylic acids is 2. The summed E-state index contributed by atoms with van der Waals surface area (Å²) in [5.74, 6) is -0.437. The molecule has 5 heteroatoms. The van der Waals surface area contributed by atoms with Crippen molar-refractivity contribution in [3.05, 3.63) is 0 Å². The molecule has 0 radical (unpaired) electrons. The summed E-state index contributed by atoms with van der Waals surface area (Å²) in [5, 5.41) is 11.8. The molecule has 2 N–H and O–H groups in total. The van der Waals surface area contributed by atoms with E-state index in [4.69, 9.17) is 5.11 Å². The van der Waals surface area contributed by atoms with Crippen molar-refractivity contribution >= 4 is 11.8 Å². The number of rotatable bonds is 4. The quantitative estimate of drug-likeness (QED) is 0.610. The zero-order valence-electron chi connectivity index (χ0n) is 9.19. The molecular formula is C10H18N2O3. The highest BCUT2D eigenvalue weighted by Gasteiger charge is 2.33. The smallest absolute Gasteiger partial charge is 0.246 e. The van der Waals surface area contributed by atoms with Crippen molar-refractivity contribution in [3.8, 4) is 0 Å². The fraction of sp³-hybridized carbons (Fsp3) is 0.800. The van der Waals surface area contributed by atoms with Gasteiger partial charge < -0.3 is 5.11 Å². The normalized spacial score (nSPS) is 24.5. The summed E-state index contributed by atoms with van der Waals surface area (Å²) in [7, 11) is 0. The first-order chi connectivity index (χ1) is 7.10. The predicted octanol–water partition coefficient (Wildman–Crippen LogP) is -0.648. The topological polar surface area (TPSA) is 69.6 Å². The van der Waals surface area contributed by atoms with E-state index in [9.17, 15) is 9.59 Å². The van der Waals surface area contributed by atoms with Crippen LogP contribution in [-0.4, -0.2) is 47.6 Å². The van der Waals surface area contributed by atoms with Gasteiger partial charge in [0.2, 0.25) is 11.8 Å². The van der Waals surface area contributed by atoms with Crippen LogP contribution in [0.3, 0.4) is 0 Å². The van der Waals surface area contributed by atoms with Crippen LogP contribution in [0.1, 0.15) is 20.3 Å². The minimum atomic E-state index is -0.256. The second-order valence-electron chi connectivity index (χ2n) is 3.97. The number of carbonyl (C=O) groups is 2. The number of hydrogen-bond acceptors (Lipinski definition) is 4. The van der Waals surface area contributed by atoms with Crippen molar-refractivity contribution in [1.82, 2.24) is 10.2 Å². The summed E-state index contributed by atoms with van der Waals surface area (Å²) in [6.07, 6.45) is 0.677. The Hall–Kier alpha value is -0.940. The van der Waals surface area contributed by atoms with E-state index >= 15 is 0 Å². The number of imide groups is 1. The molecule has 0 aromatic carbocycles. The molecule has 0 aliphatic carbocycles. The first kappa shape index (κ1) is 12.1. The Balaban J connectivity index is 2.66. The van der Waals surface area contributed by atoms with Gasteiger partial charge in [0.05, 0.1) is 12.6 Å². The van der Waals surface area contributed by atoms with E-state index in [0.29, 0.717) is 13.0 Å². The number of amides is 2. The molecule has 5 nitrogen and oxygen atoms in total. The summed E-state index contributed by atoms with van der Waals surface area (Å²) in [4.78, 5) is 24.5. The van der Waals surface area contributed by atoms with Crippen molar-refractivity contribution in [2.75, 3.05) is 19.7 Å². The van der Waals surface area contributed by atoms with Crippen molar-refractivity contribution in [3.63, 3.8) is 0 Å². The molecule has 0 saturated carbocycles. The molecule has 1 fully saturated rings. The Bertz CT molecular complexity index is 255.